The van der Waals surface area contributed by atoms with Gasteiger partial charge in [-0.3, -0.25) is 9.78 Å². The minimum atomic E-state index is -0.278. The third kappa shape index (κ3) is 5.60. The fourth-order valence-corrected chi connectivity index (χ4v) is 1.51. The fourth-order valence-electron chi connectivity index (χ4n) is 1.51. The number of hydrogen-bond donors (Lipinski definition) is 0. The monoisotopic (exact) mass is 288 g/mol. The first-order valence-corrected chi connectivity index (χ1v) is 6.61. The van der Waals surface area contributed by atoms with Crippen molar-refractivity contribution in [3.8, 4) is 0 Å². The Morgan fingerprint density at radius 3 is 2.43 bits per heavy atom. The zero-order valence-electron chi connectivity index (χ0n) is 12.8. The lowest BCUT2D eigenvalue weighted by molar-refractivity contribution is -0.612. The summed E-state index contributed by atoms with van der Waals surface area (Å²) in [5.74, 6) is -0.278. The van der Waals surface area contributed by atoms with Crippen molar-refractivity contribution in [3.05, 3.63) is 64.4 Å². The maximum absolute atomic E-state index is 10.8. The van der Waals surface area contributed by atoms with Gasteiger partial charge in [-0.15, -0.1) is 0 Å². The minimum Gasteiger partial charge on any atom is -0.619 e. The zero-order valence-corrected chi connectivity index (χ0v) is 12.8. The summed E-state index contributed by atoms with van der Waals surface area (Å²) >= 11 is 0. The number of aryl methyl sites for hydroxylation is 2. The number of carbonyl (C=O) groups is 1. The number of hydrogen-bond acceptors (Lipinski definition) is 4. The Morgan fingerprint density at radius 1 is 1.24 bits per heavy atom. The molecule has 0 spiro atoms. The van der Waals surface area contributed by atoms with Gasteiger partial charge in [-0.25, -0.2) is 0 Å². The summed E-state index contributed by atoms with van der Waals surface area (Å²) in [5, 5.41) is 10.8. The van der Waals surface area contributed by atoms with E-state index >= 15 is 0 Å². The van der Waals surface area contributed by atoms with Crippen molar-refractivity contribution in [2.45, 2.75) is 34.3 Å². The first-order valence-electron chi connectivity index (χ1n) is 6.61. The van der Waals surface area contributed by atoms with Gasteiger partial charge in [0.2, 0.25) is 0 Å². The van der Waals surface area contributed by atoms with Gasteiger partial charge in [0.1, 0.15) is 6.61 Å². The summed E-state index contributed by atoms with van der Waals surface area (Å²) < 4.78 is 5.68. The van der Waals surface area contributed by atoms with Crippen molar-refractivity contribution < 1.29 is 14.3 Å². The topological polar surface area (TPSA) is 66.1 Å². The highest BCUT2D eigenvalue weighted by Gasteiger charge is 2.00. The summed E-state index contributed by atoms with van der Waals surface area (Å²) in [5.41, 5.74) is 3.66. The summed E-state index contributed by atoms with van der Waals surface area (Å²) in [6.07, 6.45) is 3.19. The standard InChI is InChI=1S/C9H11NO2.C7H9NO/c1-7-4-3-5-10-9(7)6-12-8(2)11;1-6-4-3-5-8(9)7(6)2/h3-5H,6H2,1-2H3;3-5H,1-2H3. The van der Waals surface area contributed by atoms with Crippen LogP contribution in [0.5, 0.6) is 0 Å². The van der Waals surface area contributed by atoms with Gasteiger partial charge in [-0.2, -0.15) is 4.73 Å². The van der Waals surface area contributed by atoms with Gasteiger partial charge in [0, 0.05) is 31.7 Å². The van der Waals surface area contributed by atoms with E-state index in [-0.39, 0.29) is 12.6 Å². The molecule has 0 aromatic carbocycles. The average molecular weight is 288 g/mol. The molecule has 0 saturated carbocycles. The lowest BCUT2D eigenvalue weighted by Crippen LogP contribution is -2.29. The molecular weight excluding hydrogens is 268 g/mol. The SMILES string of the molecule is CC(=O)OCc1ncccc1C.Cc1ccc[n+]([O-])c1C. The van der Waals surface area contributed by atoms with E-state index in [1.54, 1.807) is 12.3 Å². The van der Waals surface area contributed by atoms with Crippen molar-refractivity contribution in [2.24, 2.45) is 0 Å². The van der Waals surface area contributed by atoms with Crippen LogP contribution in [0.2, 0.25) is 0 Å². The molecule has 0 fully saturated rings. The van der Waals surface area contributed by atoms with Crippen molar-refractivity contribution in [1.82, 2.24) is 4.98 Å². The van der Waals surface area contributed by atoms with Crippen molar-refractivity contribution in [3.63, 3.8) is 0 Å². The highest BCUT2D eigenvalue weighted by atomic mass is 16.5. The smallest absolute Gasteiger partial charge is 0.303 e. The van der Waals surface area contributed by atoms with Gasteiger partial charge in [0.05, 0.1) is 5.69 Å². The highest BCUT2D eigenvalue weighted by molar-refractivity contribution is 5.65. The van der Waals surface area contributed by atoms with E-state index < -0.39 is 0 Å². The Balaban J connectivity index is 0.000000219. The molecular formula is C16H20N2O3. The Hall–Kier alpha value is -2.43. The minimum absolute atomic E-state index is 0.266. The number of rotatable bonds is 2. The summed E-state index contributed by atoms with van der Waals surface area (Å²) in [6, 6.07) is 7.46. The second-order valence-electron chi connectivity index (χ2n) is 4.65. The largest absolute Gasteiger partial charge is 0.619 e. The first-order chi connectivity index (χ1) is 9.91. The second kappa shape index (κ2) is 7.99. The number of nitrogens with zero attached hydrogens (tertiary/aromatic N) is 2. The van der Waals surface area contributed by atoms with Crippen molar-refractivity contribution in [1.29, 1.82) is 0 Å². The van der Waals surface area contributed by atoms with E-state index in [9.17, 15) is 10.0 Å². The molecule has 0 amide bonds. The number of carbonyl (C=O) groups excluding carboxylic acids is 1. The zero-order chi connectivity index (χ0) is 15.8. The maximum atomic E-state index is 10.8. The second-order valence-corrected chi connectivity index (χ2v) is 4.65. The molecule has 0 aliphatic carbocycles. The van der Waals surface area contributed by atoms with E-state index in [2.05, 4.69) is 4.98 Å². The maximum Gasteiger partial charge on any atom is 0.303 e. The van der Waals surface area contributed by atoms with Crippen LogP contribution in [-0.4, -0.2) is 11.0 Å². The molecule has 0 atom stereocenters. The van der Waals surface area contributed by atoms with Gasteiger partial charge in [-0.05, 0) is 31.5 Å². The van der Waals surface area contributed by atoms with Crippen LogP contribution in [-0.2, 0) is 16.1 Å². The van der Waals surface area contributed by atoms with Gasteiger partial charge in [0.15, 0.2) is 11.9 Å². The van der Waals surface area contributed by atoms with Crippen LogP contribution >= 0.6 is 0 Å². The quantitative estimate of drug-likeness (QED) is 0.483. The molecule has 21 heavy (non-hydrogen) atoms. The molecule has 2 aromatic rings. The lowest BCUT2D eigenvalue weighted by atomic mass is 10.2. The average Bonchev–Trinajstić information content (AvgIpc) is 2.44. The normalized spacial score (nSPS) is 9.52. The van der Waals surface area contributed by atoms with Crippen LogP contribution in [0.1, 0.15) is 29.4 Å². The number of ether oxygens (including phenoxy) is 1. The van der Waals surface area contributed by atoms with E-state index in [1.807, 2.05) is 39.0 Å². The molecule has 112 valence electrons. The summed E-state index contributed by atoms with van der Waals surface area (Å²) in [6.45, 7) is 7.32. The number of aromatic nitrogens is 2. The molecule has 5 nitrogen and oxygen atoms in total. The number of esters is 1. The van der Waals surface area contributed by atoms with E-state index in [0.717, 1.165) is 27.2 Å². The number of pyridine rings is 2. The van der Waals surface area contributed by atoms with Crippen LogP contribution < -0.4 is 4.73 Å². The summed E-state index contributed by atoms with van der Waals surface area (Å²) in [4.78, 5) is 14.6. The van der Waals surface area contributed by atoms with Crippen LogP contribution in [0.4, 0.5) is 0 Å². The van der Waals surface area contributed by atoms with Gasteiger partial charge in [0.25, 0.3) is 0 Å². The van der Waals surface area contributed by atoms with Crippen molar-refractivity contribution >= 4 is 5.97 Å². The molecule has 5 heteroatoms. The van der Waals surface area contributed by atoms with Gasteiger partial charge < -0.3 is 9.94 Å². The van der Waals surface area contributed by atoms with Crippen LogP contribution in [0, 0.1) is 26.0 Å². The van der Waals surface area contributed by atoms with E-state index in [4.69, 9.17) is 4.74 Å². The predicted molar refractivity (Wildman–Crippen MR) is 79.3 cm³/mol. The molecule has 0 aliphatic heterocycles. The molecule has 0 saturated heterocycles. The van der Waals surface area contributed by atoms with Crippen LogP contribution in [0.3, 0.4) is 0 Å². The molecule has 0 aliphatic rings. The third-order valence-corrected chi connectivity index (χ3v) is 3.00. The van der Waals surface area contributed by atoms with Gasteiger partial charge in [-0.1, -0.05) is 6.07 Å². The molecule has 0 bridgehead atoms. The lowest BCUT2D eigenvalue weighted by Gasteiger charge is -2.03. The first kappa shape index (κ1) is 16.6. The summed E-state index contributed by atoms with van der Waals surface area (Å²) in [7, 11) is 0. The van der Waals surface area contributed by atoms with Gasteiger partial charge >= 0.3 is 5.97 Å². The van der Waals surface area contributed by atoms with Crippen LogP contribution in [0.15, 0.2) is 36.7 Å². The molecule has 0 unspecified atom stereocenters. The van der Waals surface area contributed by atoms with Crippen LogP contribution in [0.25, 0.3) is 0 Å². The molecule has 2 heterocycles. The predicted octanol–water partition coefficient (Wildman–Crippen LogP) is 2.39. The Kier molecular flexibility index (Phi) is 6.33. The molecule has 0 N–H and O–H groups in total. The highest BCUT2D eigenvalue weighted by Crippen LogP contribution is 2.04. The Labute approximate surface area is 124 Å². The Morgan fingerprint density at radius 2 is 1.90 bits per heavy atom. The van der Waals surface area contributed by atoms with E-state index in [0.29, 0.717) is 0 Å². The molecule has 2 aromatic heterocycles. The Bertz CT molecular complexity index is 592. The molecule has 2 rings (SSSR count). The van der Waals surface area contributed by atoms with Crippen molar-refractivity contribution in [2.75, 3.05) is 0 Å². The van der Waals surface area contributed by atoms with E-state index in [1.165, 1.54) is 13.1 Å². The molecule has 0 radical (unpaired) electrons. The third-order valence-electron chi connectivity index (χ3n) is 3.00. The fraction of sp³-hybridized carbons (Fsp3) is 0.312.